The number of ether oxygens (including phenoxy) is 3. The SMILES string of the molecule is CC/C=C\C/C=C\C/C=C\C/C=C\C/C=C\CC(=O)OC(CO)COP(=O)(O)OCC(COC(=O)CCCCCCC/C=C\C/C=C\CCC)OC(=O)CCCCCCCCCCCCCCCCCCC. The van der Waals surface area contributed by atoms with Crippen molar-refractivity contribution in [2.45, 2.75) is 251 Å². The van der Waals surface area contributed by atoms with Gasteiger partial charge < -0.3 is 24.2 Å². The molecule has 0 aliphatic heterocycles. The van der Waals surface area contributed by atoms with Crippen molar-refractivity contribution in [3.8, 4) is 0 Å². The maximum absolute atomic E-state index is 12.9. The lowest BCUT2D eigenvalue weighted by Gasteiger charge is -2.21. The Bertz CT molecular complexity index is 1530. The summed E-state index contributed by atoms with van der Waals surface area (Å²) in [6.45, 7) is 4.35. The van der Waals surface area contributed by atoms with Gasteiger partial charge in [0.1, 0.15) is 12.7 Å². The number of aliphatic hydroxyl groups excluding tert-OH is 1. The van der Waals surface area contributed by atoms with Crippen LogP contribution in [-0.2, 0) is 42.2 Å². The molecule has 0 aromatic rings. The Morgan fingerprint density at radius 1 is 0.417 bits per heavy atom. The number of phosphoric acid groups is 1. The van der Waals surface area contributed by atoms with Crippen LogP contribution in [0.4, 0.5) is 0 Å². The van der Waals surface area contributed by atoms with E-state index in [0.29, 0.717) is 19.3 Å². The molecule has 3 atom stereocenters. The zero-order valence-electron chi connectivity index (χ0n) is 45.6. The third-order valence-electron chi connectivity index (χ3n) is 11.8. The summed E-state index contributed by atoms with van der Waals surface area (Å²) in [7, 11) is -4.77. The van der Waals surface area contributed by atoms with Gasteiger partial charge >= 0.3 is 25.7 Å². The van der Waals surface area contributed by atoms with Crippen molar-refractivity contribution in [3.63, 3.8) is 0 Å². The largest absolute Gasteiger partial charge is 0.472 e. The van der Waals surface area contributed by atoms with Gasteiger partial charge in [0, 0.05) is 12.8 Å². The normalized spacial score (nSPS) is 14.0. The highest BCUT2D eigenvalue weighted by molar-refractivity contribution is 7.47. The zero-order valence-corrected chi connectivity index (χ0v) is 46.5. The molecule has 2 N–H and O–H groups in total. The van der Waals surface area contributed by atoms with E-state index < -0.39 is 57.8 Å². The highest BCUT2D eigenvalue weighted by Crippen LogP contribution is 2.43. The number of allylic oxidation sites excluding steroid dienone is 13. The van der Waals surface area contributed by atoms with E-state index in [1.165, 1.54) is 89.9 Å². The summed E-state index contributed by atoms with van der Waals surface area (Å²) >= 11 is 0. The first-order chi connectivity index (χ1) is 35.2. The number of esters is 3. The molecule has 0 aliphatic carbocycles. The van der Waals surface area contributed by atoms with Crippen LogP contribution in [0.25, 0.3) is 0 Å². The van der Waals surface area contributed by atoms with Gasteiger partial charge in [0.05, 0.1) is 26.2 Å². The molecule has 3 unspecified atom stereocenters. The number of carbonyl (C=O) groups excluding carboxylic acids is 3. The predicted molar refractivity (Wildman–Crippen MR) is 298 cm³/mol. The van der Waals surface area contributed by atoms with Crippen LogP contribution < -0.4 is 0 Å². The van der Waals surface area contributed by atoms with Crippen molar-refractivity contribution in [1.29, 1.82) is 0 Å². The van der Waals surface area contributed by atoms with Gasteiger partial charge in [-0.1, -0.05) is 234 Å². The number of hydrogen-bond donors (Lipinski definition) is 2. The monoisotopic (exact) mass is 1030 g/mol. The van der Waals surface area contributed by atoms with Crippen molar-refractivity contribution < 1.29 is 52.2 Å². The molecule has 414 valence electrons. The van der Waals surface area contributed by atoms with Crippen molar-refractivity contribution in [2.75, 3.05) is 26.4 Å². The average molecular weight is 1030 g/mol. The summed E-state index contributed by atoms with van der Waals surface area (Å²) in [6, 6.07) is 0. The standard InChI is InChI=1S/C60H103O11P/c1-4-7-10-13-16-19-22-25-27-28-30-33-36-39-42-45-48-51-60(64)71-57(53-67-58(62)49-46-43-40-37-34-31-24-21-18-15-12-9-6-3)55-69-72(65,66)68-54-56(52-61)70-59(63)50-47-44-41-38-35-32-29-26-23-20-17-14-11-8-5-2/h8,11-12,15,17,20-21,24,26,29,35,38,44,47,56-57,61H,4-7,9-10,13-14,16,18-19,22-23,25,27-28,30-34,36-37,39-43,45-46,48-55H2,1-3H3,(H,65,66)/b11-8-,15-12-,20-17-,24-21-,29-26-,38-35-,47-44-. The Morgan fingerprint density at radius 2 is 0.806 bits per heavy atom. The van der Waals surface area contributed by atoms with Crippen LogP contribution in [0, 0.1) is 0 Å². The van der Waals surface area contributed by atoms with E-state index in [-0.39, 0.29) is 25.9 Å². The lowest BCUT2D eigenvalue weighted by atomic mass is 10.0. The van der Waals surface area contributed by atoms with Crippen molar-refractivity contribution in [2.24, 2.45) is 0 Å². The number of rotatable bonds is 52. The van der Waals surface area contributed by atoms with Gasteiger partial charge in [-0.15, -0.1) is 0 Å². The fourth-order valence-electron chi connectivity index (χ4n) is 7.53. The summed E-state index contributed by atoms with van der Waals surface area (Å²) in [6.07, 6.45) is 61.4. The molecular weight excluding hydrogens is 928 g/mol. The van der Waals surface area contributed by atoms with Crippen molar-refractivity contribution in [1.82, 2.24) is 0 Å². The molecule has 0 aliphatic rings. The van der Waals surface area contributed by atoms with E-state index in [4.69, 9.17) is 23.3 Å². The van der Waals surface area contributed by atoms with E-state index in [1.807, 2.05) is 18.2 Å². The van der Waals surface area contributed by atoms with Gasteiger partial charge in [0.25, 0.3) is 0 Å². The first-order valence-electron chi connectivity index (χ1n) is 28.5. The number of unbranched alkanes of at least 4 members (excludes halogenated alkanes) is 22. The third-order valence-corrected chi connectivity index (χ3v) is 12.8. The Balaban J connectivity index is 4.80. The molecule has 0 aromatic heterocycles. The van der Waals surface area contributed by atoms with Gasteiger partial charge in [-0.2, -0.15) is 0 Å². The summed E-state index contributed by atoms with van der Waals surface area (Å²) in [5.74, 6) is -1.61. The van der Waals surface area contributed by atoms with Crippen LogP contribution in [0.15, 0.2) is 85.1 Å². The van der Waals surface area contributed by atoms with E-state index in [1.54, 1.807) is 6.08 Å². The predicted octanol–water partition coefficient (Wildman–Crippen LogP) is 16.7. The van der Waals surface area contributed by atoms with Crippen LogP contribution in [0.5, 0.6) is 0 Å². The number of hydrogen-bond acceptors (Lipinski definition) is 10. The second-order valence-corrected chi connectivity index (χ2v) is 20.2. The maximum Gasteiger partial charge on any atom is 0.472 e. The van der Waals surface area contributed by atoms with Crippen molar-refractivity contribution >= 4 is 25.7 Å². The molecular formula is C60H103O11P. The van der Waals surface area contributed by atoms with Gasteiger partial charge in [0.2, 0.25) is 0 Å². The molecule has 0 saturated heterocycles. The first kappa shape index (κ1) is 68.7. The second kappa shape index (κ2) is 53.9. The van der Waals surface area contributed by atoms with Gasteiger partial charge in [-0.25, -0.2) is 4.57 Å². The summed E-state index contributed by atoms with van der Waals surface area (Å²) in [5.41, 5.74) is 0. The minimum Gasteiger partial charge on any atom is -0.462 e. The van der Waals surface area contributed by atoms with Crippen LogP contribution in [0.1, 0.15) is 239 Å². The molecule has 0 amide bonds. The smallest absolute Gasteiger partial charge is 0.462 e. The summed E-state index contributed by atoms with van der Waals surface area (Å²) in [5, 5.41) is 9.78. The first-order valence-corrected chi connectivity index (χ1v) is 30.0. The molecule has 0 spiro atoms. The fraction of sp³-hybridized carbons (Fsp3) is 0.717. The molecule has 0 saturated carbocycles. The Morgan fingerprint density at radius 3 is 1.28 bits per heavy atom. The molecule has 0 radical (unpaired) electrons. The van der Waals surface area contributed by atoms with Crippen LogP contribution >= 0.6 is 7.82 Å². The summed E-state index contributed by atoms with van der Waals surface area (Å²) in [4.78, 5) is 48.4. The molecule has 0 bridgehead atoms. The fourth-order valence-corrected chi connectivity index (χ4v) is 8.31. The number of carbonyl (C=O) groups is 3. The molecule has 0 fully saturated rings. The van der Waals surface area contributed by atoms with Gasteiger partial charge in [-0.3, -0.25) is 23.4 Å². The molecule has 12 heteroatoms. The maximum atomic E-state index is 12.9. The minimum atomic E-state index is -4.77. The lowest BCUT2D eigenvalue weighted by Crippen LogP contribution is -2.30. The second-order valence-electron chi connectivity index (χ2n) is 18.7. The van der Waals surface area contributed by atoms with Crippen molar-refractivity contribution in [3.05, 3.63) is 85.1 Å². The van der Waals surface area contributed by atoms with Crippen LogP contribution in [0.3, 0.4) is 0 Å². The van der Waals surface area contributed by atoms with Gasteiger partial charge in [-0.05, 0) is 70.6 Å². The van der Waals surface area contributed by atoms with E-state index >= 15 is 0 Å². The summed E-state index contributed by atoms with van der Waals surface area (Å²) < 4.78 is 39.4. The highest BCUT2D eigenvalue weighted by Gasteiger charge is 2.28. The van der Waals surface area contributed by atoms with Crippen LogP contribution in [-0.4, -0.2) is 66.5 Å². The topological polar surface area (TPSA) is 155 Å². The average Bonchev–Trinajstić information content (AvgIpc) is 3.37. The molecule has 0 aromatic carbocycles. The molecule has 0 heterocycles. The quantitative estimate of drug-likeness (QED) is 0.0197. The Labute approximate surface area is 439 Å². The Kier molecular flexibility index (Phi) is 51.4. The zero-order chi connectivity index (χ0) is 52.7. The van der Waals surface area contributed by atoms with E-state index in [9.17, 15) is 28.9 Å². The van der Waals surface area contributed by atoms with Gasteiger partial charge in [0.15, 0.2) is 6.10 Å². The van der Waals surface area contributed by atoms with E-state index in [0.717, 1.165) is 89.9 Å². The van der Waals surface area contributed by atoms with Crippen LogP contribution in [0.2, 0.25) is 0 Å². The minimum absolute atomic E-state index is 0.0575. The molecule has 0 rings (SSSR count). The number of phosphoric ester groups is 1. The molecule has 72 heavy (non-hydrogen) atoms. The lowest BCUT2D eigenvalue weighted by molar-refractivity contribution is -0.161. The van der Waals surface area contributed by atoms with E-state index in [2.05, 4.69) is 81.5 Å². The Hall–Kier alpha value is -3.34. The number of aliphatic hydroxyl groups is 1. The third kappa shape index (κ3) is 51.6. The molecule has 11 nitrogen and oxygen atoms in total. The highest BCUT2D eigenvalue weighted by atomic mass is 31.2.